The van der Waals surface area contributed by atoms with Crippen LogP contribution in [0.25, 0.3) is 0 Å². The number of aromatic nitrogens is 1. The Kier molecular flexibility index (Phi) is 3.89. The highest BCUT2D eigenvalue weighted by molar-refractivity contribution is 7.99. The summed E-state index contributed by atoms with van der Waals surface area (Å²) in [6.07, 6.45) is 1.60. The van der Waals surface area contributed by atoms with Gasteiger partial charge in [0.15, 0.2) is 0 Å². The normalized spacial score (nSPS) is 10.3. The van der Waals surface area contributed by atoms with Crippen molar-refractivity contribution in [3.63, 3.8) is 0 Å². The summed E-state index contributed by atoms with van der Waals surface area (Å²) < 4.78 is 0. The third kappa shape index (κ3) is 3.03. The summed E-state index contributed by atoms with van der Waals surface area (Å²) in [5.41, 5.74) is 7.42. The molecule has 0 aliphatic carbocycles. The number of rotatable bonds is 3. The van der Waals surface area contributed by atoms with Crippen molar-refractivity contribution in [1.29, 1.82) is 5.41 Å². The number of nitrogens with zero attached hydrogens (tertiary/aromatic N) is 1. The summed E-state index contributed by atoms with van der Waals surface area (Å²) in [6.45, 7) is 2.00. The molecule has 3 N–H and O–H groups in total. The van der Waals surface area contributed by atoms with E-state index in [1.165, 1.54) is 11.8 Å². The molecule has 0 fully saturated rings. The van der Waals surface area contributed by atoms with E-state index in [0.29, 0.717) is 5.02 Å². The van der Waals surface area contributed by atoms with Gasteiger partial charge in [-0.05, 0) is 36.8 Å². The van der Waals surface area contributed by atoms with E-state index in [-0.39, 0.29) is 5.84 Å². The van der Waals surface area contributed by atoms with Crippen molar-refractivity contribution in [3.8, 4) is 0 Å². The maximum Gasteiger partial charge on any atom is 0.123 e. The average Bonchev–Trinajstić information content (AvgIpc) is 2.32. The molecule has 2 aromatic rings. The Morgan fingerprint density at radius 1 is 1.33 bits per heavy atom. The Morgan fingerprint density at radius 3 is 2.72 bits per heavy atom. The van der Waals surface area contributed by atoms with E-state index in [0.717, 1.165) is 21.0 Å². The molecule has 0 aliphatic rings. The molecule has 1 heterocycles. The van der Waals surface area contributed by atoms with Gasteiger partial charge in [-0.15, -0.1) is 0 Å². The van der Waals surface area contributed by atoms with Gasteiger partial charge in [-0.1, -0.05) is 29.4 Å². The van der Waals surface area contributed by atoms with Crippen molar-refractivity contribution in [2.45, 2.75) is 16.8 Å². The molecule has 0 bridgehead atoms. The lowest BCUT2D eigenvalue weighted by atomic mass is 10.1. The first-order valence-corrected chi connectivity index (χ1v) is 6.50. The topological polar surface area (TPSA) is 62.8 Å². The fourth-order valence-corrected chi connectivity index (χ4v) is 2.58. The number of hydrogen-bond donors (Lipinski definition) is 2. The second-order valence-corrected chi connectivity index (χ2v) is 5.33. The third-order valence-electron chi connectivity index (χ3n) is 2.34. The van der Waals surface area contributed by atoms with E-state index >= 15 is 0 Å². The molecule has 3 nitrogen and oxygen atoms in total. The molecule has 92 valence electrons. The molecule has 5 heteroatoms. The maximum absolute atomic E-state index is 7.57. The predicted molar refractivity (Wildman–Crippen MR) is 75.6 cm³/mol. The zero-order chi connectivity index (χ0) is 13.1. The van der Waals surface area contributed by atoms with Gasteiger partial charge in [-0.25, -0.2) is 4.98 Å². The molecule has 0 saturated carbocycles. The van der Waals surface area contributed by atoms with Crippen LogP contribution in [0.2, 0.25) is 5.02 Å². The summed E-state index contributed by atoms with van der Waals surface area (Å²) in [5.74, 6) is 0.0615. The number of hydrogen-bond acceptors (Lipinski definition) is 3. The van der Waals surface area contributed by atoms with Crippen LogP contribution in [0.15, 0.2) is 46.5 Å². The van der Waals surface area contributed by atoms with Gasteiger partial charge in [-0.3, -0.25) is 5.41 Å². The molecule has 0 radical (unpaired) electrons. The number of halogens is 1. The van der Waals surface area contributed by atoms with E-state index in [9.17, 15) is 0 Å². The van der Waals surface area contributed by atoms with Crippen LogP contribution < -0.4 is 5.73 Å². The Morgan fingerprint density at radius 2 is 2.11 bits per heavy atom. The lowest BCUT2D eigenvalue weighted by molar-refractivity contribution is 1.13. The summed E-state index contributed by atoms with van der Waals surface area (Å²) >= 11 is 7.27. The number of nitrogen functional groups attached to an aromatic ring is 1. The van der Waals surface area contributed by atoms with Crippen molar-refractivity contribution >= 4 is 29.2 Å². The average molecular weight is 278 g/mol. The number of amidine groups is 1. The van der Waals surface area contributed by atoms with E-state index in [1.807, 2.05) is 31.2 Å². The summed E-state index contributed by atoms with van der Waals surface area (Å²) in [6, 6.07) is 9.43. The predicted octanol–water partition coefficient (Wildman–Crippen LogP) is 3.48. The summed E-state index contributed by atoms with van der Waals surface area (Å²) in [4.78, 5) is 5.15. The van der Waals surface area contributed by atoms with E-state index in [1.54, 1.807) is 12.3 Å². The molecule has 0 atom stereocenters. The van der Waals surface area contributed by atoms with Gasteiger partial charge in [0.2, 0.25) is 0 Å². The highest BCUT2D eigenvalue weighted by Crippen LogP contribution is 2.30. The first-order valence-electron chi connectivity index (χ1n) is 5.31. The standard InChI is InChI=1S/C13H12ClN3S/c1-8-2-4-10(13(15)16)11(6-8)18-12-5-3-9(14)7-17-12/h2-7H,1H3,(H3,15,16). The van der Waals surface area contributed by atoms with Crippen LogP contribution in [0, 0.1) is 12.3 Å². The van der Waals surface area contributed by atoms with Crippen molar-refractivity contribution in [1.82, 2.24) is 4.98 Å². The van der Waals surface area contributed by atoms with Gasteiger partial charge in [0.05, 0.1) is 5.02 Å². The molecular formula is C13H12ClN3S. The van der Waals surface area contributed by atoms with Crippen LogP contribution in [0.1, 0.15) is 11.1 Å². The quantitative estimate of drug-likeness (QED) is 0.667. The Bertz CT molecular complexity index is 581. The fraction of sp³-hybridized carbons (Fsp3) is 0.0769. The van der Waals surface area contributed by atoms with Crippen molar-refractivity contribution in [2.24, 2.45) is 5.73 Å². The molecule has 1 aromatic heterocycles. The molecule has 0 aliphatic heterocycles. The zero-order valence-electron chi connectivity index (χ0n) is 9.77. The third-order valence-corrected chi connectivity index (χ3v) is 3.57. The monoisotopic (exact) mass is 277 g/mol. The Balaban J connectivity index is 2.35. The maximum atomic E-state index is 7.57. The lowest BCUT2D eigenvalue weighted by Crippen LogP contribution is -2.12. The van der Waals surface area contributed by atoms with Crippen LogP contribution in [0.4, 0.5) is 0 Å². The van der Waals surface area contributed by atoms with Crippen LogP contribution in [0.3, 0.4) is 0 Å². The van der Waals surface area contributed by atoms with Crippen LogP contribution in [-0.4, -0.2) is 10.8 Å². The largest absolute Gasteiger partial charge is 0.384 e. The molecule has 0 spiro atoms. The molecule has 0 saturated heterocycles. The molecule has 18 heavy (non-hydrogen) atoms. The van der Waals surface area contributed by atoms with Crippen LogP contribution in [0.5, 0.6) is 0 Å². The Labute approximate surface area is 115 Å². The number of benzene rings is 1. The number of nitrogens with two attached hydrogens (primary N) is 1. The Hall–Kier alpha value is -1.52. The van der Waals surface area contributed by atoms with E-state index in [4.69, 9.17) is 22.7 Å². The molecular weight excluding hydrogens is 266 g/mol. The van der Waals surface area contributed by atoms with E-state index < -0.39 is 0 Å². The fourth-order valence-electron chi connectivity index (χ4n) is 1.47. The molecule has 2 rings (SSSR count). The smallest absolute Gasteiger partial charge is 0.123 e. The van der Waals surface area contributed by atoms with E-state index in [2.05, 4.69) is 4.98 Å². The van der Waals surface area contributed by atoms with Gasteiger partial charge >= 0.3 is 0 Å². The van der Waals surface area contributed by atoms with Crippen molar-refractivity contribution in [2.75, 3.05) is 0 Å². The minimum Gasteiger partial charge on any atom is -0.384 e. The second kappa shape index (κ2) is 5.42. The molecule has 0 unspecified atom stereocenters. The zero-order valence-corrected chi connectivity index (χ0v) is 11.3. The van der Waals surface area contributed by atoms with Crippen LogP contribution >= 0.6 is 23.4 Å². The van der Waals surface area contributed by atoms with Crippen LogP contribution in [-0.2, 0) is 0 Å². The number of aryl methyl sites for hydroxylation is 1. The van der Waals surface area contributed by atoms with Crippen molar-refractivity contribution in [3.05, 3.63) is 52.7 Å². The van der Waals surface area contributed by atoms with Gasteiger partial charge in [0.1, 0.15) is 10.9 Å². The molecule has 0 amide bonds. The summed E-state index contributed by atoms with van der Waals surface area (Å²) in [5, 5.41) is 9.00. The van der Waals surface area contributed by atoms with Crippen molar-refractivity contribution < 1.29 is 0 Å². The van der Waals surface area contributed by atoms with Gasteiger partial charge in [0, 0.05) is 16.7 Å². The highest BCUT2D eigenvalue weighted by Gasteiger charge is 2.08. The number of pyridine rings is 1. The number of nitrogens with one attached hydrogen (secondary N) is 1. The minimum atomic E-state index is 0.0615. The second-order valence-electron chi connectivity index (χ2n) is 3.83. The first kappa shape index (κ1) is 12.9. The van der Waals surface area contributed by atoms with Gasteiger partial charge < -0.3 is 5.73 Å². The first-order chi connectivity index (χ1) is 8.56. The lowest BCUT2D eigenvalue weighted by Gasteiger charge is -2.08. The minimum absolute atomic E-state index is 0.0615. The van der Waals surface area contributed by atoms with Gasteiger partial charge in [0.25, 0.3) is 0 Å². The SMILES string of the molecule is Cc1ccc(C(=N)N)c(Sc2ccc(Cl)cn2)c1. The molecule has 1 aromatic carbocycles. The van der Waals surface area contributed by atoms with Gasteiger partial charge in [-0.2, -0.15) is 0 Å². The summed E-state index contributed by atoms with van der Waals surface area (Å²) in [7, 11) is 0. The highest BCUT2D eigenvalue weighted by atomic mass is 35.5.